The molecule has 6 rings (SSSR count). The second kappa shape index (κ2) is 8.48. The third-order valence-corrected chi connectivity index (χ3v) is 10.0. The fourth-order valence-electron chi connectivity index (χ4n) is 8.73. The molecule has 0 amide bonds. The van der Waals surface area contributed by atoms with Gasteiger partial charge in [-0.25, -0.2) is 0 Å². The van der Waals surface area contributed by atoms with Crippen molar-refractivity contribution in [3.8, 4) is 0 Å². The minimum Gasteiger partial charge on any atom is -0.0879 e. The van der Waals surface area contributed by atoms with Crippen molar-refractivity contribution in [2.75, 3.05) is 0 Å². The minimum atomic E-state index is 0.780. The van der Waals surface area contributed by atoms with Crippen LogP contribution in [0.2, 0.25) is 0 Å². The predicted octanol–water partition coefficient (Wildman–Crippen LogP) is 8.71. The second-order valence-corrected chi connectivity index (χ2v) is 11.6. The summed E-state index contributed by atoms with van der Waals surface area (Å²) in [5, 5.41) is 0. The van der Waals surface area contributed by atoms with Crippen molar-refractivity contribution in [1.29, 1.82) is 0 Å². The van der Waals surface area contributed by atoms with Gasteiger partial charge in [0.15, 0.2) is 0 Å². The van der Waals surface area contributed by atoms with Crippen LogP contribution in [0, 0.1) is 35.5 Å². The van der Waals surface area contributed by atoms with Crippen LogP contribution >= 0.6 is 0 Å². The molecule has 2 saturated carbocycles. The van der Waals surface area contributed by atoms with E-state index in [4.69, 9.17) is 0 Å². The van der Waals surface area contributed by atoms with Gasteiger partial charge in [0.05, 0.1) is 0 Å². The number of hydrogen-bond acceptors (Lipinski definition) is 0. The van der Waals surface area contributed by atoms with Crippen LogP contribution in [-0.2, 0) is 0 Å². The number of fused-ring (bicyclic) bond motifs is 3. The summed E-state index contributed by atoms with van der Waals surface area (Å²) in [4.78, 5) is 0. The molecular formula is C30H42. The smallest absolute Gasteiger partial charge is 0.00141 e. The number of rotatable bonds is 2. The average Bonchev–Trinajstić information content (AvgIpc) is 2.82. The van der Waals surface area contributed by atoms with Crippen molar-refractivity contribution in [1.82, 2.24) is 0 Å². The van der Waals surface area contributed by atoms with E-state index < -0.39 is 0 Å². The lowest BCUT2D eigenvalue weighted by molar-refractivity contribution is 0.234. The highest BCUT2D eigenvalue weighted by atomic mass is 14.5. The Labute approximate surface area is 185 Å². The summed E-state index contributed by atoms with van der Waals surface area (Å²) in [6.45, 7) is 0. The standard InChI is InChI=1S/C30H42/c1-4-15-26-21(9-1)12-8-18-27(26)22-13-7-14-25(20-22)30-28-16-5-2-10-23(28)19-24-11-3-6-17-29(24)30/h5-6,16-17,21-25,28H,1-4,7-15,18-20H2. The third kappa shape index (κ3) is 3.51. The highest BCUT2D eigenvalue weighted by molar-refractivity contribution is 5.39. The van der Waals surface area contributed by atoms with Crippen LogP contribution in [0.15, 0.2) is 46.6 Å². The van der Waals surface area contributed by atoms with Crippen LogP contribution in [0.4, 0.5) is 0 Å². The average molecular weight is 403 g/mol. The van der Waals surface area contributed by atoms with Gasteiger partial charge in [-0.15, -0.1) is 0 Å². The number of allylic oxidation sites excluding steroid dienone is 8. The summed E-state index contributed by atoms with van der Waals surface area (Å²) in [5.41, 5.74) is 7.72. The van der Waals surface area contributed by atoms with Crippen molar-refractivity contribution in [3.05, 3.63) is 46.6 Å². The molecule has 0 spiro atoms. The van der Waals surface area contributed by atoms with E-state index in [1.807, 2.05) is 22.3 Å². The van der Waals surface area contributed by atoms with Gasteiger partial charge < -0.3 is 0 Å². The van der Waals surface area contributed by atoms with Crippen LogP contribution in [0.5, 0.6) is 0 Å². The van der Waals surface area contributed by atoms with E-state index in [-0.39, 0.29) is 0 Å². The molecule has 0 N–H and O–H groups in total. The Bertz CT molecular complexity index is 774. The van der Waals surface area contributed by atoms with Crippen LogP contribution in [0.1, 0.15) is 103 Å². The molecule has 0 aromatic heterocycles. The van der Waals surface area contributed by atoms with Crippen molar-refractivity contribution in [2.24, 2.45) is 35.5 Å². The predicted molar refractivity (Wildman–Crippen MR) is 127 cm³/mol. The normalized spacial score (nSPS) is 41.3. The molecule has 0 aliphatic heterocycles. The molecule has 6 aliphatic carbocycles. The van der Waals surface area contributed by atoms with Gasteiger partial charge in [-0.05, 0) is 125 Å². The zero-order chi connectivity index (χ0) is 19.9. The zero-order valence-corrected chi connectivity index (χ0v) is 19.1. The first kappa shape index (κ1) is 19.6. The lowest BCUT2D eigenvalue weighted by Gasteiger charge is -2.46. The minimum absolute atomic E-state index is 0.780. The molecule has 30 heavy (non-hydrogen) atoms. The monoisotopic (exact) mass is 402 g/mol. The summed E-state index contributed by atoms with van der Waals surface area (Å²) in [7, 11) is 0. The van der Waals surface area contributed by atoms with Crippen molar-refractivity contribution in [3.63, 3.8) is 0 Å². The molecule has 6 atom stereocenters. The van der Waals surface area contributed by atoms with E-state index in [1.165, 1.54) is 103 Å². The molecule has 0 radical (unpaired) electrons. The van der Waals surface area contributed by atoms with Crippen LogP contribution in [0.25, 0.3) is 0 Å². The van der Waals surface area contributed by atoms with Crippen LogP contribution < -0.4 is 0 Å². The molecule has 6 unspecified atom stereocenters. The quantitative estimate of drug-likeness (QED) is 0.405. The lowest BCUT2D eigenvalue weighted by Crippen LogP contribution is -2.34. The summed E-state index contributed by atoms with van der Waals surface area (Å²) >= 11 is 0. The maximum absolute atomic E-state index is 2.65. The first-order chi connectivity index (χ1) is 14.9. The maximum atomic E-state index is 2.65. The Balaban J connectivity index is 1.33. The summed E-state index contributed by atoms with van der Waals surface area (Å²) in [6, 6.07) is 0. The molecule has 0 nitrogen and oxygen atoms in total. The Morgan fingerprint density at radius 1 is 0.600 bits per heavy atom. The van der Waals surface area contributed by atoms with E-state index in [2.05, 4.69) is 24.3 Å². The molecule has 0 heterocycles. The van der Waals surface area contributed by atoms with Gasteiger partial charge in [-0.1, -0.05) is 53.9 Å². The Morgan fingerprint density at radius 3 is 2.40 bits per heavy atom. The summed E-state index contributed by atoms with van der Waals surface area (Å²) in [5.74, 6) is 5.39. The van der Waals surface area contributed by atoms with Crippen molar-refractivity contribution < 1.29 is 0 Å². The molecule has 0 heteroatoms. The topological polar surface area (TPSA) is 0 Å². The SMILES string of the molecule is C1=CC2=C(C3CCCC(C4=C5CCCCC5CCC4)C3)C3C=CCCC3CC2CC1. The second-order valence-electron chi connectivity index (χ2n) is 11.6. The van der Waals surface area contributed by atoms with E-state index >= 15 is 0 Å². The van der Waals surface area contributed by atoms with Gasteiger partial charge in [0.1, 0.15) is 0 Å². The molecule has 0 bridgehead atoms. The van der Waals surface area contributed by atoms with Gasteiger partial charge in [-0.2, -0.15) is 0 Å². The highest BCUT2D eigenvalue weighted by Crippen LogP contribution is 2.53. The van der Waals surface area contributed by atoms with Gasteiger partial charge in [0.2, 0.25) is 0 Å². The molecule has 162 valence electrons. The van der Waals surface area contributed by atoms with Crippen LogP contribution in [-0.4, -0.2) is 0 Å². The molecule has 2 fully saturated rings. The Hall–Kier alpha value is -1.04. The molecule has 0 aromatic carbocycles. The van der Waals surface area contributed by atoms with E-state index in [0.29, 0.717) is 0 Å². The molecule has 0 aromatic rings. The summed E-state index contributed by atoms with van der Waals surface area (Å²) < 4.78 is 0. The van der Waals surface area contributed by atoms with Gasteiger partial charge in [0.25, 0.3) is 0 Å². The zero-order valence-electron chi connectivity index (χ0n) is 19.1. The lowest BCUT2D eigenvalue weighted by atomic mass is 9.59. The third-order valence-electron chi connectivity index (χ3n) is 10.0. The van der Waals surface area contributed by atoms with Crippen LogP contribution in [0.3, 0.4) is 0 Å². The van der Waals surface area contributed by atoms with E-state index in [0.717, 1.165) is 35.5 Å². The van der Waals surface area contributed by atoms with Gasteiger partial charge >= 0.3 is 0 Å². The van der Waals surface area contributed by atoms with Gasteiger partial charge in [-0.3, -0.25) is 0 Å². The Morgan fingerprint density at radius 2 is 1.40 bits per heavy atom. The van der Waals surface area contributed by atoms with E-state index in [9.17, 15) is 0 Å². The van der Waals surface area contributed by atoms with Gasteiger partial charge in [0, 0.05) is 5.92 Å². The first-order valence-electron chi connectivity index (χ1n) is 13.7. The van der Waals surface area contributed by atoms with Crippen molar-refractivity contribution in [2.45, 2.75) is 103 Å². The number of hydrogen-bond donors (Lipinski definition) is 0. The fourth-order valence-corrected chi connectivity index (χ4v) is 8.73. The fraction of sp³-hybridized carbons (Fsp3) is 0.733. The molecule has 0 saturated heterocycles. The summed E-state index contributed by atoms with van der Waals surface area (Å²) in [6.07, 6.45) is 33.6. The maximum Gasteiger partial charge on any atom is 0.00141 e. The molecular weight excluding hydrogens is 360 g/mol. The largest absolute Gasteiger partial charge is 0.0879 e. The van der Waals surface area contributed by atoms with E-state index in [1.54, 1.807) is 0 Å². The van der Waals surface area contributed by atoms with Crippen molar-refractivity contribution >= 4 is 0 Å². The Kier molecular flexibility index (Phi) is 5.55. The highest BCUT2D eigenvalue weighted by Gasteiger charge is 2.41. The molecule has 6 aliphatic rings. The first-order valence-corrected chi connectivity index (χ1v) is 13.7.